The number of nitrogens with zero attached hydrogens (tertiary/aromatic N) is 3. The third-order valence-electron chi connectivity index (χ3n) is 3.55. The summed E-state index contributed by atoms with van der Waals surface area (Å²) >= 11 is 1.82. The second-order valence-corrected chi connectivity index (χ2v) is 5.82. The number of likely N-dealkylation sites (tertiary alicyclic amines) is 1. The van der Waals surface area contributed by atoms with Gasteiger partial charge in [-0.3, -0.25) is 9.88 Å². The van der Waals surface area contributed by atoms with Gasteiger partial charge >= 0.3 is 0 Å². The molecule has 0 aliphatic carbocycles. The van der Waals surface area contributed by atoms with Gasteiger partial charge in [0.2, 0.25) is 0 Å². The molecule has 100 valence electrons. The molecular weight excluding hydrogens is 256 g/mol. The molecule has 1 aliphatic heterocycles. The minimum Gasteiger partial charge on any atom is -0.372 e. The molecule has 0 radical (unpaired) electrons. The number of aromatic nitrogens is 2. The number of rotatable bonds is 4. The second-order valence-electron chi connectivity index (χ2n) is 4.79. The molecule has 0 bridgehead atoms. The summed E-state index contributed by atoms with van der Waals surface area (Å²) in [6, 6.07) is 4.73. The lowest BCUT2D eigenvalue weighted by Crippen LogP contribution is -2.23. The quantitative estimate of drug-likeness (QED) is 0.930. The highest BCUT2D eigenvalue weighted by Crippen LogP contribution is 2.32. The van der Waals surface area contributed by atoms with Crippen LogP contribution in [-0.2, 0) is 6.54 Å². The van der Waals surface area contributed by atoms with Crippen LogP contribution in [0.1, 0.15) is 29.5 Å². The SMILES string of the molecule is CNc1cncc(C2CCCN2Cc2cccs2)n1. The van der Waals surface area contributed by atoms with Crippen LogP contribution in [0, 0.1) is 0 Å². The Bertz CT molecular complexity index is 526. The first-order valence-corrected chi connectivity index (χ1v) is 7.51. The lowest BCUT2D eigenvalue weighted by molar-refractivity contribution is 0.246. The minimum absolute atomic E-state index is 0.405. The first kappa shape index (κ1) is 12.6. The van der Waals surface area contributed by atoms with Crippen LogP contribution in [0.15, 0.2) is 29.9 Å². The molecule has 1 aliphatic rings. The molecule has 1 unspecified atom stereocenters. The summed E-state index contributed by atoms with van der Waals surface area (Å²) in [5.74, 6) is 0.848. The van der Waals surface area contributed by atoms with Crippen LogP contribution in [0.25, 0.3) is 0 Å². The maximum absolute atomic E-state index is 4.64. The molecule has 1 fully saturated rings. The topological polar surface area (TPSA) is 41.1 Å². The number of hydrogen-bond acceptors (Lipinski definition) is 5. The molecule has 0 spiro atoms. The Morgan fingerprint density at radius 3 is 3.21 bits per heavy atom. The van der Waals surface area contributed by atoms with Crippen LogP contribution in [-0.4, -0.2) is 28.5 Å². The highest BCUT2D eigenvalue weighted by Gasteiger charge is 2.27. The van der Waals surface area contributed by atoms with E-state index in [4.69, 9.17) is 0 Å². The zero-order valence-electron chi connectivity index (χ0n) is 11.0. The van der Waals surface area contributed by atoms with E-state index in [-0.39, 0.29) is 0 Å². The smallest absolute Gasteiger partial charge is 0.144 e. The van der Waals surface area contributed by atoms with E-state index in [0.29, 0.717) is 6.04 Å². The summed E-state index contributed by atoms with van der Waals surface area (Å²) in [5.41, 5.74) is 1.08. The first-order valence-electron chi connectivity index (χ1n) is 6.63. The summed E-state index contributed by atoms with van der Waals surface area (Å²) in [7, 11) is 1.88. The van der Waals surface area contributed by atoms with Crippen LogP contribution in [0.3, 0.4) is 0 Å². The van der Waals surface area contributed by atoms with Gasteiger partial charge in [0, 0.05) is 18.5 Å². The maximum atomic E-state index is 4.64. The summed E-state index contributed by atoms with van der Waals surface area (Å²) in [4.78, 5) is 12.9. The van der Waals surface area contributed by atoms with Crippen molar-refractivity contribution in [1.82, 2.24) is 14.9 Å². The van der Waals surface area contributed by atoms with Crippen molar-refractivity contribution in [1.29, 1.82) is 0 Å². The van der Waals surface area contributed by atoms with Gasteiger partial charge < -0.3 is 5.32 Å². The molecule has 0 aromatic carbocycles. The summed E-state index contributed by atoms with van der Waals surface area (Å²) in [6.45, 7) is 2.17. The molecule has 4 nitrogen and oxygen atoms in total. The predicted molar refractivity (Wildman–Crippen MR) is 78.3 cm³/mol. The van der Waals surface area contributed by atoms with E-state index in [2.05, 4.69) is 37.7 Å². The molecule has 19 heavy (non-hydrogen) atoms. The monoisotopic (exact) mass is 274 g/mol. The average Bonchev–Trinajstić information content (AvgIpc) is 3.11. The molecule has 1 atom stereocenters. The molecule has 0 saturated carbocycles. The second kappa shape index (κ2) is 5.67. The van der Waals surface area contributed by atoms with E-state index in [1.807, 2.05) is 24.6 Å². The Kier molecular flexibility index (Phi) is 3.75. The van der Waals surface area contributed by atoms with Gasteiger partial charge in [-0.1, -0.05) is 6.07 Å². The van der Waals surface area contributed by atoms with Crippen LogP contribution in [0.2, 0.25) is 0 Å². The largest absolute Gasteiger partial charge is 0.372 e. The summed E-state index contributed by atoms with van der Waals surface area (Å²) in [5, 5.41) is 5.20. The van der Waals surface area contributed by atoms with Gasteiger partial charge in [0.05, 0.1) is 24.1 Å². The van der Waals surface area contributed by atoms with Crippen molar-refractivity contribution in [2.75, 3.05) is 18.9 Å². The van der Waals surface area contributed by atoms with Gasteiger partial charge in [-0.25, -0.2) is 4.98 Å². The Labute approximate surface area is 117 Å². The molecule has 3 heterocycles. The molecule has 3 rings (SSSR count). The molecule has 2 aromatic heterocycles. The fraction of sp³-hybridized carbons (Fsp3) is 0.429. The Morgan fingerprint density at radius 1 is 1.47 bits per heavy atom. The van der Waals surface area contributed by atoms with Crippen LogP contribution >= 0.6 is 11.3 Å². The van der Waals surface area contributed by atoms with Crippen molar-refractivity contribution in [3.05, 3.63) is 40.5 Å². The van der Waals surface area contributed by atoms with Crippen molar-refractivity contribution in [3.63, 3.8) is 0 Å². The lowest BCUT2D eigenvalue weighted by Gasteiger charge is -2.23. The van der Waals surface area contributed by atoms with Crippen molar-refractivity contribution >= 4 is 17.2 Å². The molecule has 5 heteroatoms. The van der Waals surface area contributed by atoms with Crippen molar-refractivity contribution in [2.24, 2.45) is 0 Å². The van der Waals surface area contributed by atoms with Crippen LogP contribution in [0.5, 0.6) is 0 Å². The first-order chi connectivity index (χ1) is 9.36. The highest BCUT2D eigenvalue weighted by atomic mass is 32.1. The number of anilines is 1. The van der Waals surface area contributed by atoms with Gasteiger partial charge in [0.1, 0.15) is 5.82 Å². The van der Waals surface area contributed by atoms with E-state index in [1.54, 1.807) is 6.20 Å². The molecule has 0 amide bonds. The predicted octanol–water partition coefficient (Wildman–Crippen LogP) is 2.92. The lowest BCUT2D eigenvalue weighted by atomic mass is 10.1. The fourth-order valence-corrected chi connectivity index (χ4v) is 3.34. The molecule has 2 aromatic rings. The average molecular weight is 274 g/mol. The molecular formula is C14H18N4S. The van der Waals surface area contributed by atoms with Gasteiger partial charge in [0.15, 0.2) is 0 Å². The van der Waals surface area contributed by atoms with E-state index in [9.17, 15) is 0 Å². The van der Waals surface area contributed by atoms with E-state index in [1.165, 1.54) is 17.7 Å². The van der Waals surface area contributed by atoms with Crippen molar-refractivity contribution in [3.8, 4) is 0 Å². The third kappa shape index (κ3) is 2.77. The van der Waals surface area contributed by atoms with E-state index < -0.39 is 0 Å². The maximum Gasteiger partial charge on any atom is 0.144 e. The number of hydrogen-bond donors (Lipinski definition) is 1. The summed E-state index contributed by atoms with van der Waals surface area (Å²) in [6.07, 6.45) is 6.08. The molecule has 1 N–H and O–H groups in total. The Morgan fingerprint density at radius 2 is 2.42 bits per heavy atom. The van der Waals surface area contributed by atoms with Gasteiger partial charge in [-0.05, 0) is 30.8 Å². The van der Waals surface area contributed by atoms with E-state index >= 15 is 0 Å². The third-order valence-corrected chi connectivity index (χ3v) is 4.41. The Balaban J connectivity index is 1.78. The van der Waals surface area contributed by atoms with Gasteiger partial charge in [-0.2, -0.15) is 0 Å². The van der Waals surface area contributed by atoms with Crippen LogP contribution in [0.4, 0.5) is 5.82 Å². The zero-order chi connectivity index (χ0) is 13.1. The highest BCUT2D eigenvalue weighted by molar-refractivity contribution is 7.09. The van der Waals surface area contributed by atoms with Crippen molar-refractivity contribution in [2.45, 2.75) is 25.4 Å². The summed E-state index contributed by atoms with van der Waals surface area (Å²) < 4.78 is 0. The number of thiophene rings is 1. The van der Waals surface area contributed by atoms with Gasteiger partial charge in [0.25, 0.3) is 0 Å². The normalized spacial score (nSPS) is 19.7. The van der Waals surface area contributed by atoms with Crippen molar-refractivity contribution < 1.29 is 0 Å². The Hall–Kier alpha value is -1.46. The van der Waals surface area contributed by atoms with E-state index in [0.717, 1.165) is 24.6 Å². The van der Waals surface area contributed by atoms with Gasteiger partial charge in [-0.15, -0.1) is 11.3 Å². The standard InChI is InChI=1S/C14H18N4S/c1-15-14-9-16-8-12(17-14)13-5-2-6-18(13)10-11-4-3-7-19-11/h3-4,7-9,13H,2,5-6,10H2,1H3,(H,15,17). The fourth-order valence-electron chi connectivity index (χ4n) is 2.62. The molecule has 1 saturated heterocycles. The van der Waals surface area contributed by atoms with Crippen LogP contribution < -0.4 is 5.32 Å². The zero-order valence-corrected chi connectivity index (χ0v) is 11.9. The number of nitrogens with one attached hydrogen (secondary N) is 1. The minimum atomic E-state index is 0.405.